The van der Waals surface area contributed by atoms with Gasteiger partial charge in [0.15, 0.2) is 0 Å². The highest BCUT2D eigenvalue weighted by molar-refractivity contribution is 7.86. The van der Waals surface area contributed by atoms with Crippen LogP contribution in [0.25, 0.3) is 0 Å². The summed E-state index contributed by atoms with van der Waals surface area (Å²) >= 11 is 0. The molecule has 1 amide bonds. The first kappa shape index (κ1) is 19.2. The van der Waals surface area contributed by atoms with Crippen molar-refractivity contribution < 1.29 is 22.1 Å². The SMILES string of the molecule is CCS(=O)(=O)O[C@H]1CC[C@@](C)(NC(=O)OC(C)(C)C)C1(C)C. The first-order valence-electron chi connectivity index (χ1n) is 7.64. The molecular formula is C15H29NO5S. The molecular weight excluding hydrogens is 306 g/mol. The van der Waals surface area contributed by atoms with Crippen LogP contribution in [0.3, 0.4) is 0 Å². The van der Waals surface area contributed by atoms with Gasteiger partial charge in [-0.15, -0.1) is 0 Å². The molecule has 0 radical (unpaired) electrons. The molecule has 7 heteroatoms. The molecule has 0 heterocycles. The Morgan fingerprint density at radius 1 is 1.27 bits per heavy atom. The highest BCUT2D eigenvalue weighted by atomic mass is 32.2. The third-order valence-electron chi connectivity index (χ3n) is 4.53. The summed E-state index contributed by atoms with van der Waals surface area (Å²) in [5.74, 6) is -0.0597. The molecule has 0 unspecified atom stereocenters. The Morgan fingerprint density at radius 2 is 1.82 bits per heavy atom. The van der Waals surface area contributed by atoms with E-state index in [2.05, 4.69) is 5.32 Å². The van der Waals surface area contributed by atoms with Gasteiger partial charge in [-0.05, 0) is 47.5 Å². The number of nitrogens with one attached hydrogen (secondary N) is 1. The summed E-state index contributed by atoms with van der Waals surface area (Å²) in [6.07, 6.45) is 0.237. The molecule has 1 aliphatic carbocycles. The second kappa shape index (κ2) is 6.00. The van der Waals surface area contributed by atoms with Gasteiger partial charge in [0, 0.05) is 11.0 Å². The van der Waals surface area contributed by atoms with Crippen LogP contribution in [0.1, 0.15) is 61.3 Å². The van der Waals surface area contributed by atoms with Gasteiger partial charge in [0.25, 0.3) is 10.1 Å². The molecule has 0 aromatic carbocycles. The van der Waals surface area contributed by atoms with Crippen LogP contribution in [-0.4, -0.2) is 37.5 Å². The Morgan fingerprint density at radius 3 is 2.27 bits per heavy atom. The molecule has 0 spiro atoms. The van der Waals surface area contributed by atoms with Gasteiger partial charge in [-0.25, -0.2) is 4.79 Å². The van der Waals surface area contributed by atoms with Gasteiger partial charge in [-0.2, -0.15) is 8.42 Å². The number of ether oxygens (including phenoxy) is 1. The summed E-state index contributed by atoms with van der Waals surface area (Å²) in [5.41, 5.74) is -1.71. The molecule has 6 nitrogen and oxygen atoms in total. The van der Waals surface area contributed by atoms with E-state index in [1.165, 1.54) is 0 Å². The number of carbonyl (C=O) groups excluding carboxylic acids is 1. The molecule has 130 valence electrons. The monoisotopic (exact) mass is 335 g/mol. The van der Waals surface area contributed by atoms with Crippen molar-refractivity contribution in [3.8, 4) is 0 Å². The fraction of sp³-hybridized carbons (Fsp3) is 0.933. The van der Waals surface area contributed by atoms with E-state index in [9.17, 15) is 13.2 Å². The molecule has 1 fully saturated rings. The lowest BCUT2D eigenvalue weighted by Gasteiger charge is -2.41. The van der Waals surface area contributed by atoms with E-state index in [-0.39, 0.29) is 5.75 Å². The highest BCUT2D eigenvalue weighted by Gasteiger charge is 2.54. The summed E-state index contributed by atoms with van der Waals surface area (Å²) in [7, 11) is -3.53. The number of hydrogen-bond acceptors (Lipinski definition) is 5. The van der Waals surface area contributed by atoms with Crippen molar-refractivity contribution in [3.05, 3.63) is 0 Å². The van der Waals surface area contributed by atoms with Crippen LogP contribution in [0.15, 0.2) is 0 Å². The van der Waals surface area contributed by atoms with Crippen molar-refractivity contribution in [1.29, 1.82) is 0 Å². The number of amides is 1. The Bertz CT molecular complexity index is 521. The maximum absolute atomic E-state index is 12.1. The lowest BCUT2D eigenvalue weighted by molar-refractivity contribution is 0.0246. The maximum Gasteiger partial charge on any atom is 0.408 e. The Hall–Kier alpha value is -0.820. The molecule has 0 aromatic heterocycles. The van der Waals surface area contributed by atoms with E-state index >= 15 is 0 Å². The predicted molar refractivity (Wildman–Crippen MR) is 85.1 cm³/mol. The molecule has 0 bridgehead atoms. The van der Waals surface area contributed by atoms with Gasteiger partial charge in [0.05, 0.1) is 11.9 Å². The van der Waals surface area contributed by atoms with Crippen LogP contribution >= 0.6 is 0 Å². The Balaban J connectivity index is 2.86. The lowest BCUT2D eigenvalue weighted by atomic mass is 9.75. The fourth-order valence-corrected chi connectivity index (χ4v) is 3.45. The molecule has 1 N–H and O–H groups in total. The number of alkyl carbamates (subject to hydrolysis) is 1. The first-order valence-corrected chi connectivity index (χ1v) is 9.22. The minimum absolute atomic E-state index is 0.0597. The topological polar surface area (TPSA) is 81.7 Å². The normalized spacial score (nSPS) is 28.4. The molecule has 2 atom stereocenters. The van der Waals surface area contributed by atoms with Crippen LogP contribution in [0.5, 0.6) is 0 Å². The van der Waals surface area contributed by atoms with E-state index in [0.717, 1.165) is 0 Å². The van der Waals surface area contributed by atoms with Gasteiger partial charge < -0.3 is 10.1 Å². The van der Waals surface area contributed by atoms with Crippen LogP contribution in [-0.2, 0) is 19.0 Å². The maximum atomic E-state index is 12.1. The molecule has 0 saturated heterocycles. The van der Waals surface area contributed by atoms with Crippen LogP contribution < -0.4 is 5.32 Å². The van der Waals surface area contributed by atoms with E-state index in [1.54, 1.807) is 27.7 Å². The fourth-order valence-electron chi connectivity index (χ4n) is 2.62. The standard InChI is InChI=1S/C15H29NO5S/c1-8-22(18,19)21-11-9-10-15(7,14(11,5)6)16-12(17)20-13(2,3)4/h11H,8-10H2,1-7H3,(H,16,17)/t11-,15+/m0/s1. The van der Waals surface area contributed by atoms with Crippen molar-refractivity contribution in [1.82, 2.24) is 5.32 Å². The molecule has 22 heavy (non-hydrogen) atoms. The third kappa shape index (κ3) is 4.35. The summed E-state index contributed by atoms with van der Waals surface area (Å²) < 4.78 is 34.1. The van der Waals surface area contributed by atoms with Gasteiger partial charge in [-0.3, -0.25) is 4.18 Å². The number of rotatable bonds is 4. The van der Waals surface area contributed by atoms with Gasteiger partial charge in [0.2, 0.25) is 0 Å². The summed E-state index contributed by atoms with van der Waals surface area (Å²) in [6.45, 7) is 12.7. The van der Waals surface area contributed by atoms with Crippen LogP contribution in [0.4, 0.5) is 4.79 Å². The summed E-state index contributed by atoms with van der Waals surface area (Å²) in [6, 6.07) is 0. The second-order valence-electron chi connectivity index (χ2n) is 7.65. The Kier molecular flexibility index (Phi) is 5.24. The van der Waals surface area contributed by atoms with E-state index in [4.69, 9.17) is 8.92 Å². The van der Waals surface area contributed by atoms with Crippen molar-refractivity contribution in [2.24, 2.45) is 5.41 Å². The lowest BCUT2D eigenvalue weighted by Crippen LogP contribution is -2.56. The zero-order valence-electron chi connectivity index (χ0n) is 14.6. The van der Waals surface area contributed by atoms with E-state index in [1.807, 2.05) is 20.8 Å². The number of carbonyl (C=O) groups is 1. The van der Waals surface area contributed by atoms with Gasteiger partial charge in [-0.1, -0.05) is 13.8 Å². The summed E-state index contributed by atoms with van der Waals surface area (Å²) in [4.78, 5) is 12.1. The molecule has 1 rings (SSSR count). The first-order chi connectivity index (χ1) is 9.72. The third-order valence-corrected chi connectivity index (χ3v) is 5.76. The molecule has 0 aliphatic heterocycles. The van der Waals surface area contributed by atoms with Gasteiger partial charge >= 0.3 is 6.09 Å². The largest absolute Gasteiger partial charge is 0.444 e. The zero-order chi connectivity index (χ0) is 17.4. The van der Waals surface area contributed by atoms with Gasteiger partial charge in [0.1, 0.15) is 5.60 Å². The molecule has 0 aromatic rings. The average molecular weight is 335 g/mol. The van der Waals surface area contributed by atoms with Crippen LogP contribution in [0, 0.1) is 5.41 Å². The molecule has 1 saturated carbocycles. The predicted octanol–water partition coefficient (Wildman–Crippen LogP) is 2.82. The minimum atomic E-state index is -3.53. The van der Waals surface area contributed by atoms with Crippen molar-refractivity contribution >= 4 is 16.2 Å². The Labute approximate surface area is 134 Å². The van der Waals surface area contributed by atoms with E-state index < -0.39 is 38.9 Å². The highest BCUT2D eigenvalue weighted by Crippen LogP contribution is 2.48. The van der Waals surface area contributed by atoms with Crippen LogP contribution in [0.2, 0.25) is 0 Å². The van der Waals surface area contributed by atoms with E-state index in [0.29, 0.717) is 12.8 Å². The zero-order valence-corrected chi connectivity index (χ0v) is 15.5. The van der Waals surface area contributed by atoms with Crippen molar-refractivity contribution in [2.45, 2.75) is 78.6 Å². The molecule has 1 aliphatic rings. The minimum Gasteiger partial charge on any atom is -0.444 e. The summed E-state index contributed by atoms with van der Waals surface area (Å²) in [5, 5.41) is 2.90. The average Bonchev–Trinajstić information content (AvgIpc) is 2.50. The number of hydrogen-bond donors (Lipinski definition) is 1. The quantitative estimate of drug-likeness (QED) is 0.799. The smallest absolute Gasteiger partial charge is 0.408 e. The second-order valence-corrected chi connectivity index (χ2v) is 9.54. The van der Waals surface area contributed by atoms with Crippen molar-refractivity contribution in [3.63, 3.8) is 0 Å². The van der Waals surface area contributed by atoms with Crippen molar-refractivity contribution in [2.75, 3.05) is 5.75 Å².